The van der Waals surface area contributed by atoms with Crippen LogP contribution in [0, 0.1) is 11.3 Å². The molecule has 0 saturated heterocycles. The predicted octanol–water partition coefficient (Wildman–Crippen LogP) is 1.76. The zero-order chi connectivity index (χ0) is 12.7. The van der Waals surface area contributed by atoms with E-state index < -0.39 is 0 Å². The Morgan fingerprint density at radius 2 is 2.06 bits per heavy atom. The maximum absolute atomic E-state index is 8.64. The molecule has 5 heteroatoms. The van der Waals surface area contributed by atoms with Crippen molar-refractivity contribution in [2.75, 3.05) is 0 Å². The molecule has 0 heterocycles. The minimum Gasteiger partial charge on any atom is -0.359 e. The summed E-state index contributed by atoms with van der Waals surface area (Å²) >= 11 is 5.01. The number of rotatable bonds is 3. The van der Waals surface area contributed by atoms with Crippen LogP contribution in [0.4, 0.5) is 0 Å². The third-order valence-corrected chi connectivity index (χ3v) is 2.05. The highest BCUT2D eigenvalue weighted by Gasteiger charge is 1.95. The van der Waals surface area contributed by atoms with Crippen LogP contribution < -0.4 is 10.7 Å². The number of hydrogen-bond acceptors (Lipinski definition) is 3. The van der Waals surface area contributed by atoms with Gasteiger partial charge in [0.2, 0.25) is 0 Å². The minimum absolute atomic E-state index is 0.278. The van der Waals surface area contributed by atoms with Gasteiger partial charge >= 0.3 is 0 Å². The Labute approximate surface area is 106 Å². The molecule has 0 atom stereocenters. The van der Waals surface area contributed by atoms with Crippen LogP contribution in [-0.2, 0) is 0 Å². The highest BCUT2D eigenvalue weighted by atomic mass is 32.1. The van der Waals surface area contributed by atoms with Crippen LogP contribution in [0.5, 0.6) is 0 Å². The summed E-state index contributed by atoms with van der Waals surface area (Å²) in [6, 6.07) is 9.47. The smallest absolute Gasteiger partial charge is 0.187 e. The van der Waals surface area contributed by atoms with E-state index in [0.717, 1.165) is 5.56 Å². The molecule has 1 aromatic rings. The van der Waals surface area contributed by atoms with E-state index in [-0.39, 0.29) is 6.04 Å². The number of thiocarbonyl (C=S) groups is 1. The lowest BCUT2D eigenvalue weighted by Gasteiger charge is -2.09. The van der Waals surface area contributed by atoms with Gasteiger partial charge in [-0.2, -0.15) is 10.4 Å². The molecule has 0 saturated carbocycles. The quantitative estimate of drug-likeness (QED) is 0.485. The Morgan fingerprint density at radius 3 is 2.59 bits per heavy atom. The first-order valence-corrected chi connectivity index (χ1v) is 5.62. The lowest BCUT2D eigenvalue weighted by atomic mass is 10.2. The molecule has 0 aliphatic carbocycles. The molecular weight excluding hydrogens is 232 g/mol. The Bertz CT molecular complexity index is 443. The van der Waals surface area contributed by atoms with E-state index >= 15 is 0 Å². The molecule has 0 radical (unpaired) electrons. The van der Waals surface area contributed by atoms with Crippen LogP contribution in [0.3, 0.4) is 0 Å². The highest BCUT2D eigenvalue weighted by Crippen LogP contribution is 2.00. The van der Waals surface area contributed by atoms with Gasteiger partial charge in [0.15, 0.2) is 5.11 Å². The van der Waals surface area contributed by atoms with Gasteiger partial charge in [0.05, 0.1) is 17.8 Å². The summed E-state index contributed by atoms with van der Waals surface area (Å²) in [6.45, 7) is 4.00. The van der Waals surface area contributed by atoms with Gasteiger partial charge in [0, 0.05) is 6.04 Å². The first-order valence-electron chi connectivity index (χ1n) is 5.21. The number of nitrogens with zero attached hydrogens (tertiary/aromatic N) is 2. The molecule has 0 aliphatic heterocycles. The highest BCUT2D eigenvalue weighted by molar-refractivity contribution is 7.80. The van der Waals surface area contributed by atoms with Crippen molar-refractivity contribution in [3.05, 3.63) is 35.4 Å². The SMILES string of the molecule is CC(C)NC(=S)N/N=C\c1ccc(C#N)cc1. The molecule has 17 heavy (non-hydrogen) atoms. The maximum Gasteiger partial charge on any atom is 0.187 e. The summed E-state index contributed by atoms with van der Waals surface area (Å²) in [5.41, 5.74) is 4.25. The Kier molecular flexibility index (Phi) is 5.11. The number of hydrazone groups is 1. The van der Waals surface area contributed by atoms with Crippen LogP contribution in [0.15, 0.2) is 29.4 Å². The van der Waals surface area contributed by atoms with Crippen molar-refractivity contribution in [1.29, 1.82) is 5.26 Å². The largest absolute Gasteiger partial charge is 0.359 e. The molecule has 4 nitrogen and oxygen atoms in total. The second kappa shape index (κ2) is 6.61. The fraction of sp³-hybridized carbons (Fsp3) is 0.250. The van der Waals surface area contributed by atoms with E-state index in [1.165, 1.54) is 0 Å². The summed E-state index contributed by atoms with van der Waals surface area (Å²) in [6.07, 6.45) is 1.65. The van der Waals surface area contributed by atoms with E-state index in [4.69, 9.17) is 17.5 Å². The second-order valence-electron chi connectivity index (χ2n) is 3.73. The Hall–Kier alpha value is -1.93. The molecular formula is C12H14N4S. The van der Waals surface area contributed by atoms with Gasteiger partial charge in [0.25, 0.3) is 0 Å². The lowest BCUT2D eigenvalue weighted by molar-refractivity contribution is 0.720. The van der Waals surface area contributed by atoms with Crippen LogP contribution in [0.1, 0.15) is 25.0 Å². The van der Waals surface area contributed by atoms with Gasteiger partial charge in [-0.25, -0.2) is 0 Å². The zero-order valence-electron chi connectivity index (χ0n) is 9.77. The third-order valence-electron chi connectivity index (χ3n) is 1.84. The van der Waals surface area contributed by atoms with Crippen LogP contribution in [0.2, 0.25) is 0 Å². The lowest BCUT2D eigenvalue weighted by Crippen LogP contribution is -2.36. The molecule has 0 spiro atoms. The normalized spacial score (nSPS) is 10.2. The summed E-state index contributed by atoms with van der Waals surface area (Å²) < 4.78 is 0. The fourth-order valence-electron chi connectivity index (χ4n) is 1.10. The number of nitrogens with one attached hydrogen (secondary N) is 2. The molecule has 88 valence electrons. The molecule has 1 rings (SSSR count). The van der Waals surface area contributed by atoms with E-state index in [1.54, 1.807) is 18.3 Å². The van der Waals surface area contributed by atoms with E-state index in [9.17, 15) is 0 Å². The molecule has 0 aliphatic rings. The van der Waals surface area contributed by atoms with Crippen molar-refractivity contribution < 1.29 is 0 Å². The first kappa shape index (κ1) is 13.1. The monoisotopic (exact) mass is 246 g/mol. The molecule has 0 fully saturated rings. The number of hydrogen-bond donors (Lipinski definition) is 2. The van der Waals surface area contributed by atoms with Crippen LogP contribution in [-0.4, -0.2) is 17.4 Å². The predicted molar refractivity (Wildman–Crippen MR) is 72.8 cm³/mol. The molecule has 0 bridgehead atoms. The zero-order valence-corrected chi connectivity index (χ0v) is 10.6. The van der Waals surface area contributed by atoms with Crippen molar-refractivity contribution >= 4 is 23.5 Å². The van der Waals surface area contributed by atoms with E-state index in [1.807, 2.05) is 26.0 Å². The topological polar surface area (TPSA) is 60.2 Å². The third kappa shape index (κ3) is 5.09. The summed E-state index contributed by atoms with van der Waals surface area (Å²) in [4.78, 5) is 0. The molecule has 0 unspecified atom stereocenters. The summed E-state index contributed by atoms with van der Waals surface area (Å²) in [5, 5.41) is 16.1. The molecule has 0 aromatic heterocycles. The summed E-state index contributed by atoms with van der Waals surface area (Å²) in [7, 11) is 0. The fourth-order valence-corrected chi connectivity index (χ4v) is 1.39. The van der Waals surface area contributed by atoms with Crippen LogP contribution >= 0.6 is 12.2 Å². The van der Waals surface area contributed by atoms with Crippen molar-refractivity contribution in [3.8, 4) is 6.07 Å². The Balaban J connectivity index is 2.48. The average Bonchev–Trinajstić information content (AvgIpc) is 2.29. The molecule has 0 amide bonds. The number of nitriles is 1. The van der Waals surface area contributed by atoms with Gasteiger partial charge in [-0.15, -0.1) is 0 Å². The van der Waals surface area contributed by atoms with Gasteiger partial charge in [0.1, 0.15) is 0 Å². The van der Waals surface area contributed by atoms with Crippen molar-refractivity contribution in [1.82, 2.24) is 10.7 Å². The van der Waals surface area contributed by atoms with Crippen LogP contribution in [0.25, 0.3) is 0 Å². The number of benzene rings is 1. The van der Waals surface area contributed by atoms with Gasteiger partial charge < -0.3 is 5.32 Å². The van der Waals surface area contributed by atoms with Gasteiger partial charge in [-0.05, 0) is 43.8 Å². The van der Waals surface area contributed by atoms with Crippen molar-refractivity contribution in [3.63, 3.8) is 0 Å². The standard InChI is InChI=1S/C12H14N4S/c1-9(2)15-12(17)16-14-8-11-5-3-10(7-13)4-6-11/h3-6,8-9H,1-2H3,(H2,15,16,17)/b14-8-. The molecule has 1 aromatic carbocycles. The maximum atomic E-state index is 8.64. The van der Waals surface area contributed by atoms with Crippen molar-refractivity contribution in [2.45, 2.75) is 19.9 Å². The van der Waals surface area contributed by atoms with Gasteiger partial charge in [-0.1, -0.05) is 12.1 Å². The van der Waals surface area contributed by atoms with Gasteiger partial charge in [-0.3, -0.25) is 5.43 Å². The minimum atomic E-state index is 0.278. The Morgan fingerprint density at radius 1 is 1.41 bits per heavy atom. The van der Waals surface area contributed by atoms with E-state index in [0.29, 0.717) is 10.7 Å². The second-order valence-corrected chi connectivity index (χ2v) is 4.14. The molecule has 2 N–H and O–H groups in total. The first-order chi connectivity index (χ1) is 8.11. The van der Waals surface area contributed by atoms with E-state index in [2.05, 4.69) is 21.9 Å². The summed E-state index contributed by atoms with van der Waals surface area (Å²) in [5.74, 6) is 0. The van der Waals surface area contributed by atoms with Crippen molar-refractivity contribution in [2.24, 2.45) is 5.10 Å². The average molecular weight is 246 g/mol.